The molecule has 0 unspecified atom stereocenters. The molecule has 0 bridgehead atoms. The third-order valence-electron chi connectivity index (χ3n) is 2.96. The van der Waals surface area contributed by atoms with E-state index >= 15 is 0 Å². The fraction of sp³-hybridized carbons (Fsp3) is 0.0588. The first-order chi connectivity index (χ1) is 11.2. The van der Waals surface area contributed by atoms with Crippen LogP contribution in [0.5, 0.6) is 0 Å². The summed E-state index contributed by atoms with van der Waals surface area (Å²) in [5, 5.41) is 3.91. The minimum absolute atomic E-state index is 0.0770. The quantitative estimate of drug-likeness (QED) is 0.458. The van der Waals surface area contributed by atoms with E-state index in [4.69, 9.17) is 9.26 Å². The van der Waals surface area contributed by atoms with Gasteiger partial charge in [-0.05, 0) is 34.1 Å². The van der Waals surface area contributed by atoms with Crippen molar-refractivity contribution in [2.75, 3.05) is 0 Å². The Bertz CT molecular complexity index is 823. The van der Waals surface area contributed by atoms with Gasteiger partial charge in [-0.1, -0.05) is 35.5 Å². The van der Waals surface area contributed by atoms with Crippen LogP contribution in [0.25, 0.3) is 17.4 Å². The first kappa shape index (κ1) is 15.7. The van der Waals surface area contributed by atoms with Crippen molar-refractivity contribution in [3.8, 4) is 11.3 Å². The molecule has 3 rings (SSSR count). The molecule has 0 N–H and O–H groups in total. The van der Waals surface area contributed by atoms with Gasteiger partial charge in [-0.3, -0.25) is 0 Å². The minimum Gasteiger partial charge on any atom is -0.456 e. The molecule has 2 aromatic heterocycles. The van der Waals surface area contributed by atoms with E-state index in [1.807, 2.05) is 42.5 Å². The fourth-order valence-electron chi connectivity index (χ4n) is 1.88. The van der Waals surface area contributed by atoms with Gasteiger partial charge in [0.2, 0.25) is 0 Å². The molecule has 0 amide bonds. The van der Waals surface area contributed by atoms with Crippen molar-refractivity contribution < 1.29 is 14.1 Å². The minimum atomic E-state index is -0.418. The van der Waals surface area contributed by atoms with Crippen molar-refractivity contribution in [1.82, 2.24) is 5.16 Å². The summed E-state index contributed by atoms with van der Waals surface area (Å²) in [6.45, 7) is 0.0770. The van der Waals surface area contributed by atoms with Crippen LogP contribution in [0.4, 0.5) is 0 Å². The monoisotopic (exact) mass is 389 g/mol. The van der Waals surface area contributed by atoms with Crippen LogP contribution >= 0.6 is 27.3 Å². The van der Waals surface area contributed by atoms with Crippen LogP contribution in [0.2, 0.25) is 0 Å². The Hall–Kier alpha value is -2.18. The summed E-state index contributed by atoms with van der Waals surface area (Å²) in [5.41, 5.74) is 1.50. The largest absolute Gasteiger partial charge is 0.456 e. The van der Waals surface area contributed by atoms with E-state index in [9.17, 15) is 4.79 Å². The second-order valence-electron chi connectivity index (χ2n) is 4.63. The molecular weight excluding hydrogens is 378 g/mol. The standard InChI is InChI=1S/C17H12BrNO3S/c18-16-8-6-14(23-16)7-9-17(20)21-11-13-10-15(22-19-13)12-4-2-1-3-5-12/h1-10H,11H2/b9-7+. The third-order valence-corrected chi connectivity index (χ3v) is 4.55. The van der Waals surface area contributed by atoms with Crippen molar-refractivity contribution in [3.05, 3.63) is 69.0 Å². The maximum absolute atomic E-state index is 11.7. The number of carbonyl (C=O) groups excluding carboxylic acids is 1. The van der Waals surface area contributed by atoms with Gasteiger partial charge < -0.3 is 9.26 Å². The predicted octanol–water partition coefficient (Wildman–Crippen LogP) is 4.92. The molecule has 0 saturated heterocycles. The maximum Gasteiger partial charge on any atom is 0.331 e. The maximum atomic E-state index is 11.7. The number of halogens is 1. The summed E-state index contributed by atoms with van der Waals surface area (Å²) in [6.07, 6.45) is 3.12. The summed E-state index contributed by atoms with van der Waals surface area (Å²) < 4.78 is 11.4. The fourth-order valence-corrected chi connectivity index (χ4v) is 3.21. The number of hydrogen-bond donors (Lipinski definition) is 0. The molecule has 3 aromatic rings. The van der Waals surface area contributed by atoms with Gasteiger partial charge in [-0.2, -0.15) is 0 Å². The van der Waals surface area contributed by atoms with Gasteiger partial charge in [0.25, 0.3) is 0 Å². The second kappa shape index (κ2) is 7.39. The van der Waals surface area contributed by atoms with Gasteiger partial charge in [0.05, 0.1) is 3.79 Å². The van der Waals surface area contributed by atoms with Gasteiger partial charge >= 0.3 is 5.97 Å². The molecule has 0 fully saturated rings. The number of nitrogens with zero attached hydrogens (tertiary/aromatic N) is 1. The number of esters is 1. The Morgan fingerprint density at radius 3 is 2.83 bits per heavy atom. The molecule has 23 heavy (non-hydrogen) atoms. The van der Waals surface area contributed by atoms with Crippen LogP contribution in [0.1, 0.15) is 10.6 Å². The highest BCUT2D eigenvalue weighted by molar-refractivity contribution is 9.11. The van der Waals surface area contributed by atoms with Gasteiger partial charge in [0.1, 0.15) is 12.3 Å². The lowest BCUT2D eigenvalue weighted by Crippen LogP contribution is -2.00. The van der Waals surface area contributed by atoms with Crippen molar-refractivity contribution in [2.45, 2.75) is 6.61 Å². The highest BCUT2D eigenvalue weighted by Gasteiger charge is 2.08. The topological polar surface area (TPSA) is 52.3 Å². The molecule has 0 aliphatic heterocycles. The zero-order chi connectivity index (χ0) is 16.1. The first-order valence-corrected chi connectivity index (χ1v) is 8.43. The molecule has 4 nitrogen and oxygen atoms in total. The number of thiophene rings is 1. The van der Waals surface area contributed by atoms with Crippen LogP contribution in [0.15, 0.2) is 62.9 Å². The van der Waals surface area contributed by atoms with Gasteiger partial charge in [0, 0.05) is 22.6 Å². The van der Waals surface area contributed by atoms with Crippen molar-refractivity contribution in [1.29, 1.82) is 0 Å². The third kappa shape index (κ3) is 4.40. The Morgan fingerprint density at radius 1 is 1.26 bits per heavy atom. The molecule has 116 valence electrons. The van der Waals surface area contributed by atoms with Crippen LogP contribution in [-0.4, -0.2) is 11.1 Å². The lowest BCUT2D eigenvalue weighted by molar-refractivity contribution is -0.139. The average molecular weight is 390 g/mol. The van der Waals surface area contributed by atoms with E-state index in [1.165, 1.54) is 17.4 Å². The lowest BCUT2D eigenvalue weighted by atomic mass is 10.2. The average Bonchev–Trinajstić information content (AvgIpc) is 3.21. The van der Waals surface area contributed by atoms with E-state index in [-0.39, 0.29) is 6.61 Å². The van der Waals surface area contributed by atoms with E-state index < -0.39 is 5.97 Å². The zero-order valence-electron chi connectivity index (χ0n) is 11.9. The predicted molar refractivity (Wildman–Crippen MR) is 92.8 cm³/mol. The molecule has 2 heterocycles. The molecule has 0 spiro atoms. The molecular formula is C17H12BrNO3S. The van der Waals surface area contributed by atoms with Crippen LogP contribution in [-0.2, 0) is 16.1 Å². The number of benzene rings is 1. The number of aromatic nitrogens is 1. The lowest BCUT2D eigenvalue weighted by Gasteiger charge is -1.96. The van der Waals surface area contributed by atoms with Crippen LogP contribution in [0.3, 0.4) is 0 Å². The van der Waals surface area contributed by atoms with Gasteiger partial charge in [-0.15, -0.1) is 11.3 Å². The number of carbonyl (C=O) groups is 1. The van der Waals surface area contributed by atoms with Crippen molar-refractivity contribution >= 4 is 39.3 Å². The van der Waals surface area contributed by atoms with E-state index in [1.54, 1.807) is 12.1 Å². The van der Waals surface area contributed by atoms with Gasteiger partial charge in [-0.25, -0.2) is 4.79 Å². The SMILES string of the molecule is O=C(/C=C/c1ccc(Br)s1)OCc1cc(-c2ccccc2)on1. The smallest absolute Gasteiger partial charge is 0.331 e. The van der Waals surface area contributed by atoms with Gasteiger partial charge in [0.15, 0.2) is 5.76 Å². The summed E-state index contributed by atoms with van der Waals surface area (Å²) in [4.78, 5) is 12.7. The normalized spacial score (nSPS) is 11.0. The van der Waals surface area contributed by atoms with Crippen molar-refractivity contribution in [2.24, 2.45) is 0 Å². The summed E-state index contributed by atoms with van der Waals surface area (Å²) in [7, 11) is 0. The second-order valence-corrected chi connectivity index (χ2v) is 7.13. The molecule has 6 heteroatoms. The Kier molecular flexibility index (Phi) is 5.05. The van der Waals surface area contributed by atoms with Crippen molar-refractivity contribution in [3.63, 3.8) is 0 Å². The van der Waals surface area contributed by atoms with E-state index in [2.05, 4.69) is 21.1 Å². The summed E-state index contributed by atoms with van der Waals surface area (Å²) in [6, 6.07) is 15.2. The summed E-state index contributed by atoms with van der Waals surface area (Å²) >= 11 is 4.91. The number of ether oxygens (including phenoxy) is 1. The number of rotatable bonds is 5. The molecule has 0 radical (unpaired) electrons. The van der Waals surface area contributed by atoms with Crippen LogP contribution in [0, 0.1) is 0 Å². The molecule has 1 aromatic carbocycles. The van der Waals surface area contributed by atoms with Crippen LogP contribution < -0.4 is 0 Å². The van der Waals surface area contributed by atoms with E-state index in [0.717, 1.165) is 14.2 Å². The zero-order valence-corrected chi connectivity index (χ0v) is 14.3. The summed E-state index contributed by atoms with van der Waals surface area (Å²) in [5.74, 6) is 0.231. The Balaban J connectivity index is 1.55. The Labute approximate surface area is 145 Å². The first-order valence-electron chi connectivity index (χ1n) is 6.82. The molecule has 0 aliphatic rings. The molecule has 0 saturated carbocycles. The molecule has 0 aliphatic carbocycles. The molecule has 0 atom stereocenters. The number of hydrogen-bond acceptors (Lipinski definition) is 5. The highest BCUT2D eigenvalue weighted by Crippen LogP contribution is 2.23. The van der Waals surface area contributed by atoms with E-state index in [0.29, 0.717) is 11.5 Å². The highest BCUT2D eigenvalue weighted by atomic mass is 79.9. The Morgan fingerprint density at radius 2 is 2.09 bits per heavy atom.